The molecular weight excluding hydrogens is 425 g/mol. The number of amides is 1. The SMILES string of the molecule is O=C1c2ccnc(-c3ccc(F)cc3OC(F)F)c2CN1c1ccc(OC(F)F)cn1. The van der Waals surface area contributed by atoms with Crippen molar-refractivity contribution in [3.8, 4) is 22.8 Å². The van der Waals surface area contributed by atoms with Crippen LogP contribution in [0.3, 0.4) is 0 Å². The lowest BCUT2D eigenvalue weighted by molar-refractivity contribution is -0.0505. The molecule has 0 fully saturated rings. The number of carbonyl (C=O) groups excluding carboxylic acids is 1. The predicted molar refractivity (Wildman–Crippen MR) is 97.6 cm³/mol. The number of carbonyl (C=O) groups is 1. The minimum atomic E-state index is -3.19. The Morgan fingerprint density at radius 1 is 0.935 bits per heavy atom. The van der Waals surface area contributed by atoms with Crippen LogP contribution in [0.5, 0.6) is 11.5 Å². The van der Waals surface area contributed by atoms with E-state index in [0.29, 0.717) is 5.56 Å². The summed E-state index contributed by atoms with van der Waals surface area (Å²) in [5.74, 6) is -1.66. The van der Waals surface area contributed by atoms with Gasteiger partial charge in [-0.1, -0.05) is 0 Å². The number of nitrogens with zero attached hydrogens (tertiary/aromatic N) is 3. The van der Waals surface area contributed by atoms with Crippen LogP contribution in [-0.2, 0) is 6.54 Å². The summed E-state index contributed by atoms with van der Waals surface area (Å²) in [7, 11) is 0. The molecule has 2 aromatic heterocycles. The van der Waals surface area contributed by atoms with Gasteiger partial charge in [-0.05, 0) is 30.3 Å². The predicted octanol–water partition coefficient (Wildman–Crippen LogP) is 4.65. The highest BCUT2D eigenvalue weighted by atomic mass is 19.3. The van der Waals surface area contributed by atoms with Crippen molar-refractivity contribution in [3.63, 3.8) is 0 Å². The molecule has 4 rings (SSSR count). The molecule has 31 heavy (non-hydrogen) atoms. The maximum atomic E-state index is 13.6. The standard InChI is InChI=1S/C20H12F5N3O3/c21-10-1-3-13(15(7-10)31-20(24)25)17-14-9-28(18(29)12(14)5-6-26-17)16-4-2-11(8-27-16)30-19(22)23/h1-8,19-20H,9H2. The van der Waals surface area contributed by atoms with E-state index >= 15 is 0 Å². The molecule has 11 heteroatoms. The van der Waals surface area contributed by atoms with Crippen LogP contribution in [0, 0.1) is 5.82 Å². The van der Waals surface area contributed by atoms with Crippen LogP contribution in [0.2, 0.25) is 0 Å². The van der Waals surface area contributed by atoms with E-state index in [1.807, 2.05) is 0 Å². The van der Waals surface area contributed by atoms with Crippen LogP contribution in [0.1, 0.15) is 15.9 Å². The first-order chi connectivity index (χ1) is 14.8. The molecule has 3 heterocycles. The molecule has 3 aromatic rings. The quantitative estimate of drug-likeness (QED) is 0.526. The Labute approximate surface area is 171 Å². The molecule has 6 nitrogen and oxygen atoms in total. The fourth-order valence-electron chi connectivity index (χ4n) is 3.24. The normalized spacial score (nSPS) is 13.1. The molecule has 0 N–H and O–H groups in total. The van der Waals surface area contributed by atoms with E-state index in [2.05, 4.69) is 19.4 Å². The van der Waals surface area contributed by atoms with Crippen molar-refractivity contribution in [1.29, 1.82) is 0 Å². The molecule has 0 atom stereocenters. The van der Waals surface area contributed by atoms with Gasteiger partial charge in [0.1, 0.15) is 23.1 Å². The molecule has 0 aliphatic carbocycles. The van der Waals surface area contributed by atoms with Crippen molar-refractivity contribution in [3.05, 3.63) is 65.7 Å². The van der Waals surface area contributed by atoms with Crippen LogP contribution < -0.4 is 14.4 Å². The molecule has 0 bridgehead atoms. The maximum absolute atomic E-state index is 13.6. The van der Waals surface area contributed by atoms with E-state index in [0.717, 1.165) is 18.3 Å². The highest BCUT2D eigenvalue weighted by Gasteiger charge is 2.33. The van der Waals surface area contributed by atoms with E-state index in [1.165, 1.54) is 35.4 Å². The number of rotatable bonds is 6. The van der Waals surface area contributed by atoms with E-state index in [9.17, 15) is 26.7 Å². The van der Waals surface area contributed by atoms with Crippen LogP contribution in [-0.4, -0.2) is 29.1 Å². The smallest absolute Gasteiger partial charge is 0.387 e. The zero-order chi connectivity index (χ0) is 22.1. The molecule has 160 valence electrons. The van der Waals surface area contributed by atoms with Gasteiger partial charge in [0.2, 0.25) is 0 Å². The van der Waals surface area contributed by atoms with Crippen molar-refractivity contribution >= 4 is 11.7 Å². The number of hydrogen-bond acceptors (Lipinski definition) is 5. The third-order valence-electron chi connectivity index (χ3n) is 4.48. The topological polar surface area (TPSA) is 64.5 Å². The first-order valence-corrected chi connectivity index (χ1v) is 8.79. The monoisotopic (exact) mass is 437 g/mol. The third kappa shape index (κ3) is 4.11. The number of halogens is 5. The lowest BCUT2D eigenvalue weighted by Crippen LogP contribution is -2.24. The minimum absolute atomic E-state index is 0.0229. The van der Waals surface area contributed by atoms with Gasteiger partial charge in [0, 0.05) is 29.0 Å². The van der Waals surface area contributed by atoms with E-state index < -0.39 is 30.7 Å². The molecule has 1 aliphatic rings. The van der Waals surface area contributed by atoms with Crippen molar-refractivity contribution in [1.82, 2.24) is 9.97 Å². The summed E-state index contributed by atoms with van der Waals surface area (Å²) in [5, 5.41) is 0. The summed E-state index contributed by atoms with van der Waals surface area (Å²) in [6.07, 6.45) is 2.36. The van der Waals surface area contributed by atoms with Gasteiger partial charge in [0.25, 0.3) is 5.91 Å². The minimum Gasteiger partial charge on any atom is -0.434 e. The van der Waals surface area contributed by atoms with Crippen LogP contribution in [0.4, 0.5) is 27.8 Å². The second-order valence-corrected chi connectivity index (χ2v) is 6.33. The van der Waals surface area contributed by atoms with Gasteiger partial charge >= 0.3 is 13.2 Å². The van der Waals surface area contributed by atoms with Gasteiger partial charge in [0.05, 0.1) is 18.4 Å². The zero-order valence-corrected chi connectivity index (χ0v) is 15.4. The fourth-order valence-corrected chi connectivity index (χ4v) is 3.24. The maximum Gasteiger partial charge on any atom is 0.387 e. The number of alkyl halides is 4. The molecule has 1 aromatic carbocycles. The Kier molecular flexibility index (Phi) is 5.40. The largest absolute Gasteiger partial charge is 0.434 e. The van der Waals surface area contributed by atoms with Crippen molar-refractivity contribution in [2.75, 3.05) is 4.90 Å². The Morgan fingerprint density at radius 3 is 2.39 bits per heavy atom. The summed E-state index contributed by atoms with van der Waals surface area (Å²) >= 11 is 0. The molecule has 0 unspecified atom stereocenters. The Balaban J connectivity index is 1.70. The molecule has 0 saturated heterocycles. The second kappa shape index (κ2) is 8.17. The zero-order valence-electron chi connectivity index (χ0n) is 15.4. The van der Waals surface area contributed by atoms with Crippen molar-refractivity contribution in [2.24, 2.45) is 0 Å². The number of benzene rings is 1. The summed E-state index contributed by atoms with van der Waals surface area (Å²) in [5.41, 5.74) is 0.892. The first-order valence-electron chi connectivity index (χ1n) is 8.79. The first kappa shape index (κ1) is 20.5. The van der Waals surface area contributed by atoms with Gasteiger partial charge in [-0.2, -0.15) is 17.6 Å². The number of fused-ring (bicyclic) bond motifs is 1. The fraction of sp³-hybridized carbons (Fsp3) is 0.150. The number of ether oxygens (including phenoxy) is 2. The molecule has 0 radical (unpaired) electrons. The number of pyridine rings is 2. The van der Waals surface area contributed by atoms with Gasteiger partial charge in [-0.15, -0.1) is 0 Å². The Bertz CT molecular complexity index is 1130. The highest BCUT2D eigenvalue weighted by Crippen LogP contribution is 2.38. The van der Waals surface area contributed by atoms with E-state index in [4.69, 9.17) is 0 Å². The van der Waals surface area contributed by atoms with E-state index in [-0.39, 0.29) is 34.9 Å². The molecule has 0 saturated carbocycles. The molecule has 1 aliphatic heterocycles. The van der Waals surface area contributed by atoms with Crippen LogP contribution in [0.15, 0.2) is 48.8 Å². The average Bonchev–Trinajstić information content (AvgIpc) is 3.05. The molecule has 1 amide bonds. The second-order valence-electron chi connectivity index (χ2n) is 6.33. The molecular formula is C20H12F5N3O3. The van der Waals surface area contributed by atoms with Gasteiger partial charge in [-0.25, -0.2) is 9.37 Å². The van der Waals surface area contributed by atoms with Gasteiger partial charge in [0.15, 0.2) is 0 Å². The molecule has 0 spiro atoms. The summed E-state index contributed by atoms with van der Waals surface area (Å²) in [6, 6.07) is 7.12. The Hall–Kier alpha value is -3.76. The average molecular weight is 437 g/mol. The lowest BCUT2D eigenvalue weighted by atomic mass is 10.0. The van der Waals surface area contributed by atoms with Gasteiger partial charge in [-0.3, -0.25) is 14.7 Å². The van der Waals surface area contributed by atoms with Crippen LogP contribution in [0.25, 0.3) is 11.3 Å². The summed E-state index contributed by atoms with van der Waals surface area (Å²) < 4.78 is 72.4. The lowest BCUT2D eigenvalue weighted by Gasteiger charge is -2.15. The number of hydrogen-bond donors (Lipinski definition) is 0. The third-order valence-corrected chi connectivity index (χ3v) is 4.48. The number of anilines is 1. The van der Waals surface area contributed by atoms with Crippen molar-refractivity contribution in [2.45, 2.75) is 19.8 Å². The Morgan fingerprint density at radius 2 is 1.71 bits per heavy atom. The summed E-state index contributed by atoms with van der Waals surface area (Å²) in [6.45, 7) is -6.22. The van der Waals surface area contributed by atoms with Crippen LogP contribution >= 0.6 is 0 Å². The highest BCUT2D eigenvalue weighted by molar-refractivity contribution is 6.10. The van der Waals surface area contributed by atoms with E-state index in [1.54, 1.807) is 0 Å². The van der Waals surface area contributed by atoms with Crippen molar-refractivity contribution < 1.29 is 36.2 Å². The summed E-state index contributed by atoms with van der Waals surface area (Å²) in [4.78, 5) is 22.3. The van der Waals surface area contributed by atoms with Gasteiger partial charge < -0.3 is 9.47 Å². The number of aromatic nitrogens is 2.